The van der Waals surface area contributed by atoms with Crippen molar-refractivity contribution in [3.8, 4) is 0 Å². The first-order chi connectivity index (χ1) is 13.0. The lowest BCUT2D eigenvalue weighted by atomic mass is 9.71. The second-order valence-electron chi connectivity index (χ2n) is 7.49. The summed E-state index contributed by atoms with van der Waals surface area (Å²) in [6.45, 7) is 4.37. The third-order valence-electron chi connectivity index (χ3n) is 6.30. The standard InChI is InChI=1S/C22H21N3O2/c1-21-16-10-6-7-11-17(16)23-22(21,2)25(24-20(26)27-3)18-13-12-14-8-4-5-9-15(14)19(18)21/h4-13,23H,1-3H3,(H,24,26)/t21-,22+/m0/s1. The van der Waals surface area contributed by atoms with Crippen LogP contribution in [0.15, 0.2) is 60.7 Å². The van der Waals surface area contributed by atoms with E-state index in [-0.39, 0.29) is 5.41 Å². The van der Waals surface area contributed by atoms with Crippen molar-refractivity contribution in [3.05, 3.63) is 71.8 Å². The van der Waals surface area contributed by atoms with Gasteiger partial charge in [-0.2, -0.15) is 0 Å². The van der Waals surface area contributed by atoms with Gasteiger partial charge in [-0.1, -0.05) is 48.5 Å². The van der Waals surface area contributed by atoms with E-state index < -0.39 is 11.8 Å². The molecule has 3 aromatic rings. The predicted octanol–water partition coefficient (Wildman–Crippen LogP) is 4.38. The van der Waals surface area contributed by atoms with Crippen LogP contribution in [0.4, 0.5) is 16.2 Å². The number of ether oxygens (including phenoxy) is 1. The number of hydrazine groups is 1. The van der Waals surface area contributed by atoms with Crippen LogP contribution in [-0.4, -0.2) is 18.9 Å². The van der Waals surface area contributed by atoms with Gasteiger partial charge in [-0.05, 0) is 47.9 Å². The highest BCUT2D eigenvalue weighted by Crippen LogP contribution is 2.61. The summed E-state index contributed by atoms with van der Waals surface area (Å²) in [5.74, 6) is 0. The molecule has 0 spiro atoms. The van der Waals surface area contributed by atoms with E-state index in [4.69, 9.17) is 4.74 Å². The maximum atomic E-state index is 12.1. The van der Waals surface area contributed by atoms with Gasteiger partial charge in [0.1, 0.15) is 5.66 Å². The number of nitrogens with zero attached hydrogens (tertiary/aromatic N) is 1. The summed E-state index contributed by atoms with van der Waals surface area (Å²) < 4.78 is 4.90. The highest BCUT2D eigenvalue weighted by Gasteiger charge is 2.63. The van der Waals surface area contributed by atoms with E-state index in [2.05, 4.69) is 79.2 Å². The molecule has 1 amide bonds. The predicted molar refractivity (Wildman–Crippen MR) is 107 cm³/mol. The largest absolute Gasteiger partial charge is 0.452 e. The summed E-state index contributed by atoms with van der Waals surface area (Å²) in [6, 6.07) is 20.9. The zero-order valence-electron chi connectivity index (χ0n) is 15.5. The minimum absolute atomic E-state index is 0.360. The molecule has 136 valence electrons. The molecule has 2 N–H and O–H groups in total. The molecule has 2 aliphatic heterocycles. The third-order valence-corrected chi connectivity index (χ3v) is 6.30. The molecule has 5 nitrogen and oxygen atoms in total. The Labute approximate surface area is 157 Å². The van der Waals surface area contributed by atoms with Crippen LogP contribution in [0.5, 0.6) is 0 Å². The number of anilines is 2. The van der Waals surface area contributed by atoms with Crippen molar-refractivity contribution in [2.24, 2.45) is 0 Å². The van der Waals surface area contributed by atoms with E-state index in [9.17, 15) is 4.79 Å². The van der Waals surface area contributed by atoms with Gasteiger partial charge in [-0.15, -0.1) is 0 Å². The molecule has 27 heavy (non-hydrogen) atoms. The molecule has 2 atom stereocenters. The molecular formula is C22H21N3O2. The van der Waals surface area contributed by atoms with Crippen LogP contribution in [0.2, 0.25) is 0 Å². The van der Waals surface area contributed by atoms with Gasteiger partial charge in [0.2, 0.25) is 0 Å². The van der Waals surface area contributed by atoms with E-state index in [0.717, 1.165) is 11.4 Å². The number of fused-ring (bicyclic) bond motifs is 7. The summed E-state index contributed by atoms with van der Waals surface area (Å²) >= 11 is 0. The lowest BCUT2D eigenvalue weighted by Gasteiger charge is -2.41. The first kappa shape index (κ1) is 16.0. The minimum Gasteiger partial charge on any atom is -0.452 e. The van der Waals surface area contributed by atoms with Crippen LogP contribution < -0.4 is 15.8 Å². The van der Waals surface area contributed by atoms with Crippen LogP contribution >= 0.6 is 0 Å². The molecular weight excluding hydrogens is 338 g/mol. The smallest absolute Gasteiger partial charge is 0.425 e. The number of amides is 1. The first-order valence-corrected chi connectivity index (χ1v) is 9.05. The maximum Gasteiger partial charge on any atom is 0.425 e. The Balaban J connectivity index is 1.86. The molecule has 0 radical (unpaired) electrons. The van der Waals surface area contributed by atoms with Crippen LogP contribution in [0.25, 0.3) is 10.8 Å². The highest BCUT2D eigenvalue weighted by atomic mass is 16.5. The van der Waals surface area contributed by atoms with Crippen LogP contribution in [0.1, 0.15) is 25.0 Å². The molecule has 0 bridgehead atoms. The van der Waals surface area contributed by atoms with E-state index in [1.165, 1.54) is 29.0 Å². The van der Waals surface area contributed by atoms with Crippen molar-refractivity contribution in [2.75, 3.05) is 17.4 Å². The molecule has 2 heterocycles. The third kappa shape index (κ3) is 1.81. The Morgan fingerprint density at radius 1 is 1.04 bits per heavy atom. The normalized spacial score (nSPS) is 24.8. The fraction of sp³-hybridized carbons (Fsp3) is 0.227. The molecule has 2 aliphatic rings. The Kier molecular flexibility index (Phi) is 3.06. The monoisotopic (exact) mass is 359 g/mol. The van der Waals surface area contributed by atoms with Gasteiger partial charge in [0.05, 0.1) is 18.2 Å². The topological polar surface area (TPSA) is 53.6 Å². The van der Waals surface area contributed by atoms with Crippen molar-refractivity contribution in [1.29, 1.82) is 0 Å². The molecule has 5 heteroatoms. The van der Waals surface area contributed by atoms with Gasteiger partial charge in [0.15, 0.2) is 0 Å². The summed E-state index contributed by atoms with van der Waals surface area (Å²) in [5, 5.41) is 7.95. The second-order valence-corrected chi connectivity index (χ2v) is 7.49. The highest BCUT2D eigenvalue weighted by molar-refractivity contribution is 5.97. The Hall–Kier alpha value is -3.21. The summed E-state index contributed by atoms with van der Waals surface area (Å²) in [7, 11) is 1.38. The lowest BCUT2D eigenvalue weighted by Crippen LogP contribution is -2.62. The number of benzene rings is 3. The molecule has 0 fully saturated rings. The molecule has 0 saturated heterocycles. The van der Waals surface area contributed by atoms with Gasteiger partial charge in [0.25, 0.3) is 0 Å². The molecule has 0 saturated carbocycles. The lowest BCUT2D eigenvalue weighted by molar-refractivity contribution is 0.165. The first-order valence-electron chi connectivity index (χ1n) is 9.05. The Morgan fingerprint density at radius 2 is 1.78 bits per heavy atom. The van der Waals surface area contributed by atoms with E-state index in [1.807, 2.05) is 11.1 Å². The SMILES string of the molecule is COC(=O)NN1c2ccc3ccccc3c2[C@]2(C)c3ccccc3N[C@]12C. The molecule has 0 aliphatic carbocycles. The van der Waals surface area contributed by atoms with Gasteiger partial charge in [0, 0.05) is 5.69 Å². The molecule has 0 aromatic heterocycles. The van der Waals surface area contributed by atoms with Crippen molar-refractivity contribution >= 4 is 28.2 Å². The van der Waals surface area contributed by atoms with Crippen molar-refractivity contribution in [1.82, 2.24) is 5.43 Å². The number of carbonyl (C=O) groups excluding carboxylic acids is 1. The Morgan fingerprint density at radius 3 is 2.59 bits per heavy atom. The number of nitrogens with one attached hydrogen (secondary N) is 2. The summed E-state index contributed by atoms with van der Waals surface area (Å²) in [4.78, 5) is 12.1. The summed E-state index contributed by atoms with van der Waals surface area (Å²) in [6.07, 6.45) is -0.489. The van der Waals surface area contributed by atoms with Crippen molar-refractivity contribution in [2.45, 2.75) is 24.9 Å². The van der Waals surface area contributed by atoms with Gasteiger partial charge in [-0.3, -0.25) is 5.01 Å². The number of para-hydroxylation sites is 1. The number of carbonyl (C=O) groups is 1. The zero-order chi connectivity index (χ0) is 18.8. The van der Waals surface area contributed by atoms with Gasteiger partial charge < -0.3 is 10.1 Å². The van der Waals surface area contributed by atoms with Crippen molar-refractivity contribution in [3.63, 3.8) is 0 Å². The average Bonchev–Trinajstić information content (AvgIpc) is 3.03. The maximum absolute atomic E-state index is 12.1. The number of hydrogen-bond acceptors (Lipinski definition) is 4. The second kappa shape index (κ2) is 5.16. The van der Waals surface area contributed by atoms with E-state index in [0.29, 0.717) is 0 Å². The molecule has 3 aromatic carbocycles. The summed E-state index contributed by atoms with van der Waals surface area (Å²) in [5.41, 5.74) is 6.48. The number of rotatable bonds is 1. The van der Waals surface area contributed by atoms with E-state index in [1.54, 1.807) is 0 Å². The fourth-order valence-electron chi connectivity index (χ4n) is 4.86. The van der Waals surface area contributed by atoms with E-state index >= 15 is 0 Å². The van der Waals surface area contributed by atoms with Crippen LogP contribution in [0, 0.1) is 0 Å². The van der Waals surface area contributed by atoms with Gasteiger partial charge >= 0.3 is 6.09 Å². The van der Waals surface area contributed by atoms with Crippen molar-refractivity contribution < 1.29 is 9.53 Å². The Bertz CT molecular complexity index is 1100. The van der Waals surface area contributed by atoms with Crippen LogP contribution in [-0.2, 0) is 10.2 Å². The quantitative estimate of drug-likeness (QED) is 0.677. The minimum atomic E-state index is -0.572. The average molecular weight is 359 g/mol. The number of methoxy groups -OCH3 is 1. The van der Waals surface area contributed by atoms with Gasteiger partial charge in [-0.25, -0.2) is 10.2 Å². The molecule has 5 rings (SSSR count). The fourth-order valence-corrected chi connectivity index (χ4v) is 4.86. The van der Waals surface area contributed by atoms with Crippen LogP contribution in [0.3, 0.4) is 0 Å². The zero-order valence-corrected chi connectivity index (χ0v) is 15.5. The molecule has 0 unspecified atom stereocenters. The number of hydrogen-bond donors (Lipinski definition) is 2.